The van der Waals surface area contributed by atoms with Crippen molar-refractivity contribution < 1.29 is 12.9 Å². The van der Waals surface area contributed by atoms with E-state index in [9.17, 15) is 8.42 Å². The van der Waals surface area contributed by atoms with E-state index in [4.69, 9.17) is 10.3 Å². The Morgan fingerprint density at radius 2 is 2.06 bits per heavy atom. The van der Waals surface area contributed by atoms with Gasteiger partial charge in [-0.25, -0.2) is 8.42 Å². The van der Waals surface area contributed by atoms with Crippen molar-refractivity contribution in [2.75, 3.05) is 18.2 Å². The van der Waals surface area contributed by atoms with Crippen LogP contribution in [0.5, 0.6) is 0 Å². The van der Waals surface area contributed by atoms with Gasteiger partial charge in [0.2, 0.25) is 5.88 Å². The minimum atomic E-state index is -3.23. The Morgan fingerprint density at radius 3 is 2.56 bits per heavy atom. The van der Waals surface area contributed by atoms with Crippen molar-refractivity contribution in [1.29, 1.82) is 0 Å². The standard InChI is InChI=1S/C11H12N2O3S2/c1-17-9-5-7(8-6-11(12)16-13-8)3-4-10(9)18(2,14)15/h3-6H,12H2,1-2H3. The lowest BCUT2D eigenvalue weighted by Crippen LogP contribution is -1.99. The third-order valence-corrected chi connectivity index (χ3v) is 4.45. The second kappa shape index (κ2) is 4.66. The minimum Gasteiger partial charge on any atom is -0.368 e. The van der Waals surface area contributed by atoms with E-state index in [0.29, 0.717) is 15.5 Å². The molecule has 1 heterocycles. The van der Waals surface area contributed by atoms with Crippen molar-refractivity contribution in [2.24, 2.45) is 0 Å². The van der Waals surface area contributed by atoms with Crippen LogP contribution in [-0.4, -0.2) is 26.1 Å². The number of nitrogens with two attached hydrogens (primary N) is 1. The van der Waals surface area contributed by atoms with Gasteiger partial charge in [0.15, 0.2) is 9.84 Å². The molecule has 7 heteroatoms. The molecule has 2 rings (SSSR count). The number of thioether (sulfide) groups is 1. The molecule has 96 valence electrons. The molecule has 0 amide bonds. The first-order valence-electron chi connectivity index (χ1n) is 5.02. The molecule has 0 atom stereocenters. The van der Waals surface area contributed by atoms with Gasteiger partial charge in [-0.1, -0.05) is 11.2 Å². The molecule has 2 N–H and O–H groups in total. The molecular weight excluding hydrogens is 272 g/mol. The molecule has 0 saturated heterocycles. The van der Waals surface area contributed by atoms with Crippen molar-refractivity contribution in [3.05, 3.63) is 24.3 Å². The molecule has 1 aromatic carbocycles. The first-order valence-corrected chi connectivity index (χ1v) is 8.14. The third kappa shape index (κ3) is 2.51. The molecule has 0 bridgehead atoms. The fourth-order valence-electron chi connectivity index (χ4n) is 1.56. The molecule has 5 nitrogen and oxygen atoms in total. The van der Waals surface area contributed by atoms with E-state index >= 15 is 0 Å². The first-order chi connectivity index (χ1) is 8.41. The van der Waals surface area contributed by atoms with Crippen LogP contribution in [0.1, 0.15) is 0 Å². The van der Waals surface area contributed by atoms with Crippen molar-refractivity contribution in [1.82, 2.24) is 5.16 Å². The lowest BCUT2D eigenvalue weighted by Gasteiger charge is -2.06. The normalized spacial score (nSPS) is 11.7. The van der Waals surface area contributed by atoms with Crippen molar-refractivity contribution in [3.63, 3.8) is 0 Å². The summed E-state index contributed by atoms with van der Waals surface area (Å²) in [6.07, 6.45) is 3.01. The van der Waals surface area contributed by atoms with Crippen LogP contribution >= 0.6 is 11.8 Å². The smallest absolute Gasteiger partial charge is 0.222 e. The van der Waals surface area contributed by atoms with Gasteiger partial charge in [0.25, 0.3) is 0 Å². The van der Waals surface area contributed by atoms with Gasteiger partial charge in [-0.15, -0.1) is 11.8 Å². The summed E-state index contributed by atoms with van der Waals surface area (Å²) in [7, 11) is -3.23. The van der Waals surface area contributed by atoms with Crippen LogP contribution in [0.15, 0.2) is 38.6 Å². The highest BCUT2D eigenvalue weighted by atomic mass is 32.2. The second-order valence-electron chi connectivity index (χ2n) is 3.75. The number of hydrogen-bond acceptors (Lipinski definition) is 6. The van der Waals surface area contributed by atoms with E-state index in [2.05, 4.69) is 5.16 Å². The van der Waals surface area contributed by atoms with E-state index in [-0.39, 0.29) is 5.88 Å². The van der Waals surface area contributed by atoms with Crippen LogP contribution in [-0.2, 0) is 9.84 Å². The van der Waals surface area contributed by atoms with Crippen LogP contribution in [0, 0.1) is 0 Å². The monoisotopic (exact) mass is 284 g/mol. The largest absolute Gasteiger partial charge is 0.368 e. The highest BCUT2D eigenvalue weighted by Gasteiger charge is 2.14. The number of rotatable bonds is 3. The Labute approximate surface area is 109 Å². The summed E-state index contributed by atoms with van der Waals surface area (Å²) in [5.41, 5.74) is 6.81. The number of nitrogen functional groups attached to an aromatic ring is 1. The Bertz CT molecular complexity index is 677. The second-order valence-corrected chi connectivity index (χ2v) is 6.58. The van der Waals surface area contributed by atoms with Gasteiger partial charge in [-0.05, 0) is 18.4 Å². The summed E-state index contributed by atoms with van der Waals surface area (Å²) in [6, 6.07) is 6.62. The molecule has 0 spiro atoms. The van der Waals surface area contributed by atoms with Gasteiger partial charge < -0.3 is 10.3 Å². The highest BCUT2D eigenvalue weighted by molar-refractivity contribution is 7.99. The fraction of sp³-hybridized carbons (Fsp3) is 0.182. The molecular formula is C11H12N2O3S2. The average Bonchev–Trinajstić information content (AvgIpc) is 2.74. The maximum atomic E-state index is 11.6. The number of anilines is 1. The zero-order valence-electron chi connectivity index (χ0n) is 9.88. The number of benzene rings is 1. The lowest BCUT2D eigenvalue weighted by atomic mass is 10.1. The Morgan fingerprint density at radius 1 is 1.33 bits per heavy atom. The summed E-state index contributed by atoms with van der Waals surface area (Å²) in [4.78, 5) is 0.992. The molecule has 0 aliphatic carbocycles. The molecule has 0 aliphatic heterocycles. The van der Waals surface area contributed by atoms with Gasteiger partial charge in [0.1, 0.15) is 5.69 Å². The molecule has 18 heavy (non-hydrogen) atoms. The van der Waals surface area contributed by atoms with Crippen molar-refractivity contribution >= 4 is 27.5 Å². The van der Waals surface area contributed by atoms with Gasteiger partial charge >= 0.3 is 0 Å². The first kappa shape index (κ1) is 13.0. The number of sulfone groups is 1. The van der Waals surface area contributed by atoms with Crippen LogP contribution in [0.25, 0.3) is 11.3 Å². The summed E-state index contributed by atoms with van der Waals surface area (Å²) < 4.78 is 28.0. The van der Waals surface area contributed by atoms with Gasteiger partial charge in [0.05, 0.1) is 4.90 Å². The maximum Gasteiger partial charge on any atom is 0.222 e. The Kier molecular flexibility index (Phi) is 3.36. The third-order valence-electron chi connectivity index (χ3n) is 2.39. The maximum absolute atomic E-state index is 11.6. The van der Waals surface area contributed by atoms with E-state index in [1.807, 2.05) is 6.26 Å². The van der Waals surface area contributed by atoms with E-state index < -0.39 is 9.84 Å². The SMILES string of the molecule is CSc1cc(-c2cc(N)on2)ccc1S(C)(=O)=O. The van der Waals surface area contributed by atoms with Gasteiger partial charge in [-0.2, -0.15) is 0 Å². The topological polar surface area (TPSA) is 86.2 Å². The quantitative estimate of drug-likeness (QED) is 0.868. The van der Waals surface area contributed by atoms with Crippen LogP contribution < -0.4 is 5.73 Å². The average molecular weight is 284 g/mol. The van der Waals surface area contributed by atoms with Crippen molar-refractivity contribution in [3.8, 4) is 11.3 Å². The highest BCUT2D eigenvalue weighted by Crippen LogP contribution is 2.30. The molecule has 0 unspecified atom stereocenters. The minimum absolute atomic E-state index is 0.225. The molecule has 0 radical (unpaired) electrons. The van der Waals surface area contributed by atoms with E-state index in [1.54, 1.807) is 24.3 Å². The van der Waals surface area contributed by atoms with Crippen molar-refractivity contribution in [2.45, 2.75) is 9.79 Å². The number of nitrogens with zero attached hydrogens (tertiary/aromatic N) is 1. The molecule has 1 aromatic heterocycles. The summed E-state index contributed by atoms with van der Waals surface area (Å²) in [5.74, 6) is 0.225. The Balaban J connectivity index is 2.55. The zero-order valence-corrected chi connectivity index (χ0v) is 11.5. The van der Waals surface area contributed by atoms with Crippen LogP contribution in [0.3, 0.4) is 0 Å². The summed E-state index contributed by atoms with van der Waals surface area (Å²) >= 11 is 1.37. The number of hydrogen-bond donors (Lipinski definition) is 1. The van der Waals surface area contributed by atoms with Gasteiger partial charge in [-0.3, -0.25) is 0 Å². The fourth-order valence-corrected chi connectivity index (χ4v) is 3.52. The predicted octanol–water partition coefficient (Wildman–Crippen LogP) is 2.05. The van der Waals surface area contributed by atoms with Crippen LogP contribution in [0.2, 0.25) is 0 Å². The zero-order chi connectivity index (χ0) is 13.3. The van der Waals surface area contributed by atoms with E-state index in [1.165, 1.54) is 18.0 Å². The molecule has 2 aromatic rings. The number of aromatic nitrogens is 1. The Hall–Kier alpha value is -1.47. The molecule has 0 aliphatic rings. The molecule has 0 saturated carbocycles. The van der Waals surface area contributed by atoms with E-state index in [0.717, 1.165) is 5.56 Å². The van der Waals surface area contributed by atoms with Crippen LogP contribution in [0.4, 0.5) is 5.88 Å². The summed E-state index contributed by atoms with van der Waals surface area (Å²) in [6.45, 7) is 0. The summed E-state index contributed by atoms with van der Waals surface area (Å²) in [5, 5.41) is 3.79. The predicted molar refractivity (Wildman–Crippen MR) is 71.2 cm³/mol. The lowest BCUT2D eigenvalue weighted by molar-refractivity contribution is 0.439. The van der Waals surface area contributed by atoms with Gasteiger partial charge in [0, 0.05) is 22.8 Å². The molecule has 0 fully saturated rings.